The van der Waals surface area contributed by atoms with E-state index in [0.717, 1.165) is 25.3 Å². The van der Waals surface area contributed by atoms with Gasteiger partial charge in [0.05, 0.1) is 5.56 Å². The summed E-state index contributed by atoms with van der Waals surface area (Å²) in [6.07, 6.45) is 2.83. The van der Waals surface area contributed by atoms with Crippen LogP contribution < -0.4 is 10.1 Å². The van der Waals surface area contributed by atoms with Crippen LogP contribution >= 0.6 is 0 Å². The molecule has 0 fully saturated rings. The minimum absolute atomic E-state index is 0.0932. The first-order valence-corrected chi connectivity index (χ1v) is 6.77. The summed E-state index contributed by atoms with van der Waals surface area (Å²) in [6.45, 7) is 4.28. The SMILES string of the molecule is CCCCCNC(=O)C(C)Oc1ccc(F)cc1C=O. The fourth-order valence-corrected chi connectivity index (χ4v) is 1.69. The highest BCUT2D eigenvalue weighted by molar-refractivity contribution is 5.82. The van der Waals surface area contributed by atoms with Gasteiger partial charge in [0.15, 0.2) is 12.4 Å². The Labute approximate surface area is 118 Å². The van der Waals surface area contributed by atoms with Crippen LogP contribution in [-0.2, 0) is 4.79 Å². The molecule has 1 atom stereocenters. The number of benzene rings is 1. The molecule has 1 rings (SSSR count). The first-order valence-electron chi connectivity index (χ1n) is 6.77. The van der Waals surface area contributed by atoms with Crippen LogP contribution in [0, 0.1) is 5.82 Å². The van der Waals surface area contributed by atoms with Crippen molar-refractivity contribution in [3.8, 4) is 5.75 Å². The zero-order valence-corrected chi connectivity index (χ0v) is 11.8. The maximum absolute atomic E-state index is 13.0. The van der Waals surface area contributed by atoms with Gasteiger partial charge in [-0.25, -0.2) is 4.39 Å². The standard InChI is InChI=1S/C15H20FNO3/c1-3-4-5-8-17-15(19)11(2)20-14-7-6-13(16)9-12(14)10-18/h6-7,9-11H,3-5,8H2,1-2H3,(H,17,19). The monoisotopic (exact) mass is 281 g/mol. The third-order valence-electron chi connectivity index (χ3n) is 2.85. The van der Waals surface area contributed by atoms with Crippen LogP contribution in [0.15, 0.2) is 18.2 Å². The number of hydrogen-bond acceptors (Lipinski definition) is 3. The Morgan fingerprint density at radius 3 is 2.85 bits per heavy atom. The Morgan fingerprint density at radius 2 is 2.20 bits per heavy atom. The highest BCUT2D eigenvalue weighted by atomic mass is 19.1. The molecule has 0 aliphatic rings. The highest BCUT2D eigenvalue weighted by Crippen LogP contribution is 2.19. The van der Waals surface area contributed by atoms with Gasteiger partial charge in [-0.1, -0.05) is 19.8 Å². The molecule has 1 aromatic rings. The molecule has 0 radical (unpaired) electrons. The topological polar surface area (TPSA) is 55.4 Å². The van der Waals surface area contributed by atoms with Crippen LogP contribution in [-0.4, -0.2) is 24.8 Å². The third-order valence-corrected chi connectivity index (χ3v) is 2.85. The van der Waals surface area contributed by atoms with E-state index in [1.807, 2.05) is 0 Å². The van der Waals surface area contributed by atoms with Crippen molar-refractivity contribution in [1.82, 2.24) is 5.32 Å². The number of unbranched alkanes of at least 4 members (excludes halogenated alkanes) is 2. The fraction of sp³-hybridized carbons (Fsp3) is 0.467. The zero-order chi connectivity index (χ0) is 15.0. The Kier molecular flexibility index (Phi) is 6.70. The van der Waals surface area contributed by atoms with Crippen LogP contribution in [0.4, 0.5) is 4.39 Å². The summed E-state index contributed by atoms with van der Waals surface area (Å²) in [5.41, 5.74) is 0.0932. The summed E-state index contributed by atoms with van der Waals surface area (Å²) >= 11 is 0. The van der Waals surface area contributed by atoms with E-state index in [1.165, 1.54) is 12.1 Å². The van der Waals surface area contributed by atoms with Gasteiger partial charge >= 0.3 is 0 Å². The van der Waals surface area contributed by atoms with Gasteiger partial charge in [0.2, 0.25) is 0 Å². The molecule has 5 heteroatoms. The second-order valence-electron chi connectivity index (χ2n) is 4.56. The van der Waals surface area contributed by atoms with E-state index in [1.54, 1.807) is 6.92 Å². The van der Waals surface area contributed by atoms with E-state index >= 15 is 0 Å². The number of aldehydes is 1. The van der Waals surface area contributed by atoms with Gasteiger partial charge in [0.1, 0.15) is 11.6 Å². The summed E-state index contributed by atoms with van der Waals surface area (Å²) < 4.78 is 18.4. The number of ether oxygens (including phenoxy) is 1. The van der Waals surface area contributed by atoms with Crippen LogP contribution in [0.25, 0.3) is 0 Å². The number of hydrogen-bond donors (Lipinski definition) is 1. The minimum Gasteiger partial charge on any atom is -0.480 e. The van der Waals surface area contributed by atoms with Crippen molar-refractivity contribution in [2.75, 3.05) is 6.54 Å². The molecule has 1 aromatic carbocycles. The number of rotatable bonds is 8. The van der Waals surface area contributed by atoms with Crippen LogP contribution in [0.1, 0.15) is 43.5 Å². The lowest BCUT2D eigenvalue weighted by Crippen LogP contribution is -2.37. The van der Waals surface area contributed by atoms with Crippen LogP contribution in [0.2, 0.25) is 0 Å². The average Bonchev–Trinajstić information content (AvgIpc) is 2.45. The van der Waals surface area contributed by atoms with Crippen LogP contribution in [0.5, 0.6) is 5.75 Å². The van der Waals surface area contributed by atoms with Gasteiger partial charge in [-0.05, 0) is 31.5 Å². The number of nitrogens with one attached hydrogen (secondary N) is 1. The molecule has 0 aliphatic carbocycles. The first-order chi connectivity index (χ1) is 9.58. The van der Waals surface area contributed by atoms with Crippen molar-refractivity contribution in [1.29, 1.82) is 0 Å². The van der Waals surface area contributed by atoms with E-state index in [2.05, 4.69) is 12.2 Å². The van der Waals surface area contributed by atoms with E-state index < -0.39 is 11.9 Å². The maximum atomic E-state index is 13.0. The van der Waals surface area contributed by atoms with Gasteiger partial charge < -0.3 is 10.1 Å². The molecule has 4 nitrogen and oxygen atoms in total. The second-order valence-corrected chi connectivity index (χ2v) is 4.56. The predicted octanol–water partition coefficient (Wildman–Crippen LogP) is 2.71. The lowest BCUT2D eigenvalue weighted by Gasteiger charge is -2.15. The van der Waals surface area contributed by atoms with Crippen LogP contribution in [0.3, 0.4) is 0 Å². The molecule has 1 N–H and O–H groups in total. The molecule has 0 spiro atoms. The van der Waals surface area contributed by atoms with Crippen molar-refractivity contribution < 1.29 is 18.7 Å². The fourth-order valence-electron chi connectivity index (χ4n) is 1.69. The van der Waals surface area contributed by atoms with E-state index in [4.69, 9.17) is 4.74 Å². The van der Waals surface area contributed by atoms with Crippen molar-refractivity contribution in [3.05, 3.63) is 29.6 Å². The Hall–Kier alpha value is -1.91. The predicted molar refractivity (Wildman–Crippen MR) is 74.4 cm³/mol. The molecule has 0 saturated heterocycles. The molecule has 0 saturated carbocycles. The first kappa shape index (κ1) is 16.1. The van der Waals surface area contributed by atoms with Crippen molar-refractivity contribution in [3.63, 3.8) is 0 Å². The quantitative estimate of drug-likeness (QED) is 0.589. The molecule has 20 heavy (non-hydrogen) atoms. The zero-order valence-electron chi connectivity index (χ0n) is 11.8. The van der Waals surface area contributed by atoms with Gasteiger partial charge in [-0.3, -0.25) is 9.59 Å². The summed E-state index contributed by atoms with van der Waals surface area (Å²) in [5.74, 6) is -0.559. The van der Waals surface area contributed by atoms with Gasteiger partial charge in [-0.15, -0.1) is 0 Å². The Bertz CT molecular complexity index is 462. The van der Waals surface area contributed by atoms with Gasteiger partial charge in [0, 0.05) is 6.54 Å². The largest absolute Gasteiger partial charge is 0.480 e. The number of halogens is 1. The van der Waals surface area contributed by atoms with Gasteiger partial charge in [-0.2, -0.15) is 0 Å². The lowest BCUT2D eigenvalue weighted by molar-refractivity contribution is -0.127. The summed E-state index contributed by atoms with van der Waals surface area (Å²) in [7, 11) is 0. The number of carbonyl (C=O) groups excluding carboxylic acids is 2. The number of carbonyl (C=O) groups is 2. The average molecular weight is 281 g/mol. The molecule has 1 unspecified atom stereocenters. The molecule has 1 amide bonds. The molecule has 0 heterocycles. The van der Waals surface area contributed by atoms with E-state index in [-0.39, 0.29) is 17.2 Å². The third kappa shape index (κ3) is 4.99. The smallest absolute Gasteiger partial charge is 0.260 e. The second kappa shape index (κ2) is 8.30. The molecule has 110 valence electrons. The van der Waals surface area contributed by atoms with E-state index in [9.17, 15) is 14.0 Å². The Balaban J connectivity index is 2.54. The lowest BCUT2D eigenvalue weighted by atomic mass is 10.2. The van der Waals surface area contributed by atoms with Crippen molar-refractivity contribution >= 4 is 12.2 Å². The maximum Gasteiger partial charge on any atom is 0.260 e. The number of amides is 1. The molecule has 0 aliphatic heterocycles. The highest BCUT2D eigenvalue weighted by Gasteiger charge is 2.16. The van der Waals surface area contributed by atoms with Crippen molar-refractivity contribution in [2.45, 2.75) is 39.2 Å². The minimum atomic E-state index is -0.735. The summed E-state index contributed by atoms with van der Waals surface area (Å²) in [4.78, 5) is 22.6. The normalized spacial score (nSPS) is 11.8. The van der Waals surface area contributed by atoms with Gasteiger partial charge in [0.25, 0.3) is 5.91 Å². The molecular formula is C15H20FNO3. The summed E-state index contributed by atoms with van der Waals surface area (Å²) in [5, 5.41) is 2.76. The van der Waals surface area contributed by atoms with E-state index in [0.29, 0.717) is 12.8 Å². The van der Waals surface area contributed by atoms with Crippen molar-refractivity contribution in [2.24, 2.45) is 0 Å². The molecule has 0 aromatic heterocycles. The molecular weight excluding hydrogens is 261 g/mol. The summed E-state index contributed by atoms with van der Waals surface area (Å²) in [6, 6.07) is 3.61. The molecule has 0 bridgehead atoms. The Morgan fingerprint density at radius 1 is 1.45 bits per heavy atom.